The van der Waals surface area contributed by atoms with Crippen molar-refractivity contribution < 1.29 is 24.2 Å². The molecule has 0 saturated carbocycles. The van der Waals surface area contributed by atoms with Crippen LogP contribution in [0.25, 0.3) is 11.1 Å². The normalized spacial score (nSPS) is 13.0. The number of hydrogen-bond acceptors (Lipinski definition) is 5. The number of hydrogen-bond donors (Lipinski definition) is 3. The van der Waals surface area contributed by atoms with E-state index in [1.54, 1.807) is 6.92 Å². The highest BCUT2D eigenvalue weighted by Gasteiger charge is 2.29. The minimum absolute atomic E-state index is 0.0246. The van der Waals surface area contributed by atoms with Crippen LogP contribution in [0, 0.1) is 0 Å². The van der Waals surface area contributed by atoms with Gasteiger partial charge in [0.15, 0.2) is 5.82 Å². The van der Waals surface area contributed by atoms with Crippen LogP contribution in [0.4, 0.5) is 10.6 Å². The van der Waals surface area contributed by atoms with E-state index in [0.29, 0.717) is 0 Å². The number of aromatic carboxylic acids is 1. The number of benzene rings is 2. The number of aryl methyl sites for hydroxylation is 1. The maximum Gasteiger partial charge on any atom is 0.407 e. The van der Waals surface area contributed by atoms with Crippen LogP contribution in [-0.2, 0) is 16.6 Å². The smallest absolute Gasteiger partial charge is 0.407 e. The second kappa shape index (κ2) is 9.15. The van der Waals surface area contributed by atoms with Gasteiger partial charge in [-0.1, -0.05) is 48.5 Å². The first-order valence-electron chi connectivity index (χ1n) is 10.5. The Morgan fingerprint density at radius 1 is 1.09 bits per heavy atom. The van der Waals surface area contributed by atoms with Crippen LogP contribution in [0.3, 0.4) is 0 Å². The van der Waals surface area contributed by atoms with Gasteiger partial charge in [0.1, 0.15) is 12.3 Å². The Kier molecular flexibility index (Phi) is 6.12. The lowest BCUT2D eigenvalue weighted by Gasteiger charge is -2.17. The molecule has 0 unspecified atom stereocenters. The van der Waals surface area contributed by atoms with E-state index < -0.39 is 24.0 Å². The van der Waals surface area contributed by atoms with Crippen LogP contribution in [0.15, 0.2) is 54.6 Å². The van der Waals surface area contributed by atoms with Crippen molar-refractivity contribution in [2.45, 2.75) is 25.3 Å². The summed E-state index contributed by atoms with van der Waals surface area (Å²) >= 11 is 0. The van der Waals surface area contributed by atoms with E-state index in [2.05, 4.69) is 27.9 Å². The summed E-state index contributed by atoms with van der Waals surface area (Å²) in [7, 11) is 1.47. The summed E-state index contributed by atoms with van der Waals surface area (Å²) in [6.07, 6.45) is -0.633. The summed E-state index contributed by atoms with van der Waals surface area (Å²) in [5.41, 5.74) is 4.49. The van der Waals surface area contributed by atoms with Crippen LogP contribution in [0.2, 0.25) is 0 Å². The number of aromatic nitrogens is 2. The Hall–Kier alpha value is -4.14. The zero-order valence-corrected chi connectivity index (χ0v) is 18.2. The Morgan fingerprint density at radius 2 is 1.70 bits per heavy atom. The van der Waals surface area contributed by atoms with E-state index >= 15 is 0 Å². The van der Waals surface area contributed by atoms with Gasteiger partial charge in [-0.15, -0.1) is 0 Å². The predicted molar refractivity (Wildman–Crippen MR) is 121 cm³/mol. The third-order valence-corrected chi connectivity index (χ3v) is 5.57. The Labute approximate surface area is 190 Å². The molecule has 0 fully saturated rings. The van der Waals surface area contributed by atoms with E-state index in [4.69, 9.17) is 9.84 Å². The highest BCUT2D eigenvalue weighted by Crippen LogP contribution is 2.44. The molecule has 0 saturated heterocycles. The van der Waals surface area contributed by atoms with Crippen LogP contribution >= 0.6 is 0 Å². The highest BCUT2D eigenvalue weighted by molar-refractivity contribution is 5.92. The number of fused-ring (bicyclic) bond motifs is 3. The molecule has 2 amide bonds. The van der Waals surface area contributed by atoms with Crippen molar-refractivity contribution in [3.05, 3.63) is 71.4 Å². The molecule has 1 aliphatic carbocycles. The average Bonchev–Trinajstić information content (AvgIpc) is 3.29. The van der Waals surface area contributed by atoms with Gasteiger partial charge in [0, 0.05) is 31.5 Å². The van der Waals surface area contributed by atoms with Crippen molar-refractivity contribution in [3.63, 3.8) is 0 Å². The minimum atomic E-state index is -1.14. The number of carboxylic acids is 1. The molecular formula is C24H24N4O5. The van der Waals surface area contributed by atoms with Gasteiger partial charge in [0.25, 0.3) is 0 Å². The number of rotatable bonds is 7. The highest BCUT2D eigenvalue weighted by atomic mass is 16.5. The molecule has 4 rings (SSSR count). The molecule has 170 valence electrons. The maximum absolute atomic E-state index is 12.4. The Morgan fingerprint density at radius 3 is 2.27 bits per heavy atom. The van der Waals surface area contributed by atoms with Gasteiger partial charge < -0.3 is 20.5 Å². The van der Waals surface area contributed by atoms with Crippen LogP contribution < -0.4 is 10.6 Å². The first-order valence-corrected chi connectivity index (χ1v) is 10.5. The van der Waals surface area contributed by atoms with Gasteiger partial charge >= 0.3 is 12.1 Å². The topological polar surface area (TPSA) is 123 Å². The monoisotopic (exact) mass is 448 g/mol. The first-order chi connectivity index (χ1) is 15.8. The molecule has 33 heavy (non-hydrogen) atoms. The zero-order chi connectivity index (χ0) is 23.5. The molecule has 1 aromatic heterocycles. The van der Waals surface area contributed by atoms with Gasteiger partial charge in [-0.25, -0.2) is 9.59 Å². The van der Waals surface area contributed by atoms with Gasteiger partial charge in [-0.05, 0) is 29.2 Å². The number of carbonyl (C=O) groups excluding carboxylic acids is 2. The van der Waals surface area contributed by atoms with Gasteiger partial charge in [-0.3, -0.25) is 9.48 Å². The number of nitrogens with zero attached hydrogens (tertiary/aromatic N) is 2. The van der Waals surface area contributed by atoms with Crippen molar-refractivity contribution in [2.75, 3.05) is 11.9 Å². The fourth-order valence-electron chi connectivity index (χ4n) is 4.09. The van der Waals surface area contributed by atoms with Crippen LogP contribution in [-0.4, -0.2) is 45.5 Å². The van der Waals surface area contributed by atoms with E-state index in [9.17, 15) is 14.4 Å². The van der Waals surface area contributed by atoms with E-state index in [0.717, 1.165) is 26.9 Å². The lowest BCUT2D eigenvalue weighted by atomic mass is 9.98. The first kappa shape index (κ1) is 22.1. The van der Waals surface area contributed by atoms with Crippen molar-refractivity contribution in [1.82, 2.24) is 15.1 Å². The molecule has 9 nitrogen and oxygen atoms in total. The van der Waals surface area contributed by atoms with E-state index in [1.165, 1.54) is 13.1 Å². The van der Waals surface area contributed by atoms with Crippen molar-refractivity contribution in [3.8, 4) is 11.1 Å². The molecule has 0 aliphatic heterocycles. The predicted octanol–water partition coefficient (Wildman–Crippen LogP) is 3.37. The van der Waals surface area contributed by atoms with Crippen LogP contribution in [0.1, 0.15) is 40.9 Å². The Bertz CT molecular complexity index is 1170. The molecule has 1 aliphatic rings. The number of ether oxygens (including phenoxy) is 1. The largest absolute Gasteiger partial charge is 0.477 e. The summed E-state index contributed by atoms with van der Waals surface area (Å²) in [5.74, 6) is -1.46. The second-order valence-corrected chi connectivity index (χ2v) is 7.97. The Balaban J connectivity index is 1.30. The second-order valence-electron chi connectivity index (χ2n) is 7.97. The molecule has 1 atom stereocenters. The standard InChI is InChI=1S/C24H24N4O5/c1-14(11-22(29)26-21-12-20(23(30)31)28(2)27-21)25-24(32)33-13-19-17-9-5-3-7-15(17)16-8-4-6-10-18(16)19/h3-10,12,14,19H,11,13H2,1-2H3,(H,25,32)(H,30,31)(H,26,27,29)/t14-/m0/s1. The summed E-state index contributed by atoms with van der Waals surface area (Å²) in [6.45, 7) is 1.87. The van der Waals surface area contributed by atoms with Crippen LogP contribution in [0.5, 0.6) is 0 Å². The van der Waals surface area contributed by atoms with Crippen molar-refractivity contribution in [1.29, 1.82) is 0 Å². The number of carboxylic acid groups (broad SMARTS) is 1. The molecule has 3 N–H and O–H groups in total. The van der Waals surface area contributed by atoms with E-state index in [1.807, 2.05) is 36.4 Å². The number of carbonyl (C=O) groups is 3. The minimum Gasteiger partial charge on any atom is -0.477 e. The molecule has 3 aromatic rings. The number of alkyl carbamates (subject to hydrolysis) is 1. The maximum atomic E-state index is 12.4. The molecular weight excluding hydrogens is 424 g/mol. The van der Waals surface area contributed by atoms with Crippen molar-refractivity contribution >= 4 is 23.8 Å². The third kappa shape index (κ3) is 4.72. The molecule has 0 radical (unpaired) electrons. The molecule has 0 bridgehead atoms. The van der Waals surface area contributed by atoms with Gasteiger partial charge in [0.05, 0.1) is 0 Å². The SMILES string of the molecule is C[C@@H](CC(=O)Nc1cc(C(=O)O)n(C)n1)NC(=O)OCC1c2ccccc2-c2ccccc21. The average molecular weight is 448 g/mol. The lowest BCUT2D eigenvalue weighted by molar-refractivity contribution is -0.116. The van der Waals surface area contributed by atoms with Crippen molar-refractivity contribution in [2.24, 2.45) is 7.05 Å². The summed E-state index contributed by atoms with van der Waals surface area (Å²) in [5, 5.41) is 18.2. The molecule has 9 heteroatoms. The molecule has 2 aromatic carbocycles. The van der Waals surface area contributed by atoms with Gasteiger partial charge in [-0.2, -0.15) is 5.10 Å². The quantitative estimate of drug-likeness (QED) is 0.509. The fraction of sp³-hybridized carbons (Fsp3) is 0.250. The summed E-state index contributed by atoms with van der Waals surface area (Å²) in [4.78, 5) is 35.7. The molecule has 1 heterocycles. The van der Waals surface area contributed by atoms with E-state index in [-0.39, 0.29) is 30.5 Å². The van der Waals surface area contributed by atoms with Gasteiger partial charge in [0.2, 0.25) is 5.91 Å². The number of anilines is 1. The number of amides is 2. The zero-order valence-electron chi connectivity index (χ0n) is 18.2. The lowest BCUT2D eigenvalue weighted by Crippen LogP contribution is -2.36. The summed E-state index contributed by atoms with van der Waals surface area (Å²) in [6, 6.07) is 16.9. The molecule has 0 spiro atoms. The number of nitrogens with one attached hydrogen (secondary N) is 2. The fourth-order valence-corrected chi connectivity index (χ4v) is 4.09. The third-order valence-electron chi connectivity index (χ3n) is 5.57. The summed E-state index contributed by atoms with van der Waals surface area (Å²) < 4.78 is 6.66.